The lowest BCUT2D eigenvalue weighted by Gasteiger charge is -2.13. The molecular weight excluding hydrogens is 318 g/mol. The van der Waals surface area contributed by atoms with Gasteiger partial charge in [0.15, 0.2) is 0 Å². The number of hydrogen-bond donors (Lipinski definition) is 2. The predicted octanol–water partition coefficient (Wildman–Crippen LogP) is 3.72. The van der Waals surface area contributed by atoms with Gasteiger partial charge in [0.05, 0.1) is 11.4 Å². The van der Waals surface area contributed by atoms with Gasteiger partial charge in [-0.1, -0.05) is 18.2 Å². The normalized spacial score (nSPS) is 10.2. The highest BCUT2D eigenvalue weighted by Crippen LogP contribution is 2.20. The SMILES string of the molecule is CC(=O)Nc1ccccc1CNc1ccc(Br)nc1C. The Bertz CT molecular complexity index is 628. The number of hydrogen-bond acceptors (Lipinski definition) is 3. The van der Waals surface area contributed by atoms with Crippen LogP contribution in [0.4, 0.5) is 11.4 Å². The smallest absolute Gasteiger partial charge is 0.221 e. The molecule has 0 aliphatic rings. The summed E-state index contributed by atoms with van der Waals surface area (Å²) in [5, 5.41) is 6.17. The Kier molecular flexibility index (Phi) is 4.74. The summed E-state index contributed by atoms with van der Waals surface area (Å²) in [5.74, 6) is -0.0704. The molecule has 0 saturated carbocycles. The molecule has 20 heavy (non-hydrogen) atoms. The fourth-order valence-corrected chi connectivity index (χ4v) is 2.29. The van der Waals surface area contributed by atoms with Crippen LogP contribution in [0.3, 0.4) is 0 Å². The van der Waals surface area contributed by atoms with Crippen LogP contribution in [0.15, 0.2) is 41.0 Å². The highest BCUT2D eigenvalue weighted by atomic mass is 79.9. The Morgan fingerprint density at radius 2 is 1.95 bits per heavy atom. The van der Waals surface area contributed by atoms with Gasteiger partial charge >= 0.3 is 0 Å². The van der Waals surface area contributed by atoms with Gasteiger partial charge in [-0.15, -0.1) is 0 Å². The lowest BCUT2D eigenvalue weighted by atomic mass is 10.1. The van der Waals surface area contributed by atoms with Gasteiger partial charge in [0, 0.05) is 19.2 Å². The van der Waals surface area contributed by atoms with Crippen molar-refractivity contribution in [2.45, 2.75) is 20.4 Å². The third-order valence-electron chi connectivity index (χ3n) is 2.85. The fourth-order valence-electron chi connectivity index (χ4n) is 1.89. The number of para-hydroxylation sites is 1. The van der Waals surface area contributed by atoms with E-state index in [1.165, 1.54) is 6.92 Å². The second-order valence-corrected chi connectivity index (χ2v) is 5.27. The number of aryl methyl sites for hydroxylation is 1. The number of anilines is 2. The number of aromatic nitrogens is 1. The van der Waals surface area contributed by atoms with E-state index >= 15 is 0 Å². The number of carbonyl (C=O) groups excluding carboxylic acids is 1. The minimum atomic E-state index is -0.0704. The van der Waals surface area contributed by atoms with Gasteiger partial charge in [-0.3, -0.25) is 4.79 Å². The maximum Gasteiger partial charge on any atom is 0.221 e. The van der Waals surface area contributed by atoms with Gasteiger partial charge in [-0.2, -0.15) is 0 Å². The lowest BCUT2D eigenvalue weighted by Crippen LogP contribution is -2.10. The van der Waals surface area contributed by atoms with Crippen LogP contribution >= 0.6 is 15.9 Å². The van der Waals surface area contributed by atoms with Crippen molar-refractivity contribution in [3.05, 3.63) is 52.3 Å². The molecule has 1 amide bonds. The van der Waals surface area contributed by atoms with E-state index in [9.17, 15) is 4.79 Å². The lowest BCUT2D eigenvalue weighted by molar-refractivity contribution is -0.114. The number of nitrogens with zero attached hydrogens (tertiary/aromatic N) is 1. The Balaban J connectivity index is 2.12. The van der Waals surface area contributed by atoms with E-state index in [0.29, 0.717) is 6.54 Å². The summed E-state index contributed by atoms with van der Waals surface area (Å²) in [5.41, 5.74) is 3.77. The Morgan fingerprint density at radius 1 is 1.20 bits per heavy atom. The first-order chi connectivity index (χ1) is 9.56. The minimum Gasteiger partial charge on any atom is -0.379 e. The Morgan fingerprint density at radius 3 is 2.65 bits per heavy atom. The molecular formula is C15H16BrN3O. The molecule has 1 aromatic carbocycles. The zero-order valence-corrected chi connectivity index (χ0v) is 13.0. The molecule has 2 rings (SSSR count). The molecule has 0 radical (unpaired) electrons. The molecule has 1 aromatic heterocycles. The van der Waals surface area contributed by atoms with Crippen LogP contribution in [0.1, 0.15) is 18.2 Å². The Hall–Kier alpha value is -1.88. The third-order valence-corrected chi connectivity index (χ3v) is 3.29. The van der Waals surface area contributed by atoms with E-state index in [0.717, 1.165) is 27.2 Å². The van der Waals surface area contributed by atoms with Crippen LogP contribution in [0, 0.1) is 6.92 Å². The van der Waals surface area contributed by atoms with E-state index in [4.69, 9.17) is 0 Å². The molecule has 2 aromatic rings. The van der Waals surface area contributed by atoms with Gasteiger partial charge in [0.1, 0.15) is 4.60 Å². The van der Waals surface area contributed by atoms with Crippen molar-refractivity contribution in [1.29, 1.82) is 0 Å². The van der Waals surface area contributed by atoms with Gasteiger partial charge in [0.2, 0.25) is 5.91 Å². The molecule has 0 spiro atoms. The Labute approximate surface area is 126 Å². The molecule has 0 unspecified atom stereocenters. The van der Waals surface area contributed by atoms with E-state index < -0.39 is 0 Å². The molecule has 0 atom stereocenters. The van der Waals surface area contributed by atoms with Gasteiger partial charge in [-0.25, -0.2) is 4.98 Å². The maximum absolute atomic E-state index is 11.2. The quantitative estimate of drug-likeness (QED) is 0.838. The zero-order valence-electron chi connectivity index (χ0n) is 11.4. The molecule has 0 aliphatic carbocycles. The van der Waals surface area contributed by atoms with Crippen LogP contribution in [0.2, 0.25) is 0 Å². The summed E-state index contributed by atoms with van der Waals surface area (Å²) in [7, 11) is 0. The molecule has 2 N–H and O–H groups in total. The van der Waals surface area contributed by atoms with Crippen LogP contribution in [-0.4, -0.2) is 10.9 Å². The van der Waals surface area contributed by atoms with Crippen LogP contribution in [0.25, 0.3) is 0 Å². The number of benzene rings is 1. The number of halogens is 1. The first-order valence-electron chi connectivity index (χ1n) is 6.29. The van der Waals surface area contributed by atoms with Gasteiger partial charge in [0.25, 0.3) is 0 Å². The molecule has 0 fully saturated rings. The predicted molar refractivity (Wildman–Crippen MR) is 84.7 cm³/mol. The van der Waals surface area contributed by atoms with Crippen molar-refractivity contribution in [1.82, 2.24) is 4.98 Å². The number of nitrogens with one attached hydrogen (secondary N) is 2. The molecule has 0 bridgehead atoms. The molecule has 104 valence electrons. The van der Waals surface area contributed by atoms with Crippen molar-refractivity contribution < 1.29 is 4.79 Å². The average Bonchev–Trinajstić information content (AvgIpc) is 2.39. The number of rotatable bonds is 4. The van der Waals surface area contributed by atoms with Crippen molar-refractivity contribution in [2.24, 2.45) is 0 Å². The summed E-state index contributed by atoms with van der Waals surface area (Å²) >= 11 is 3.34. The fraction of sp³-hybridized carbons (Fsp3) is 0.200. The average molecular weight is 334 g/mol. The van der Waals surface area contributed by atoms with Crippen LogP contribution in [-0.2, 0) is 11.3 Å². The summed E-state index contributed by atoms with van der Waals surface area (Å²) in [4.78, 5) is 15.5. The summed E-state index contributed by atoms with van der Waals surface area (Å²) in [6.07, 6.45) is 0. The third kappa shape index (κ3) is 3.81. The standard InChI is InChI=1S/C15H16BrN3O/c1-10-13(7-8-15(16)18-10)17-9-12-5-3-4-6-14(12)19-11(2)20/h3-8,17H,9H2,1-2H3,(H,19,20). The minimum absolute atomic E-state index is 0.0704. The van der Waals surface area contributed by atoms with E-state index in [-0.39, 0.29) is 5.91 Å². The molecule has 1 heterocycles. The van der Waals surface area contributed by atoms with Gasteiger partial charge in [-0.05, 0) is 46.6 Å². The molecule has 4 nitrogen and oxygen atoms in total. The van der Waals surface area contributed by atoms with Crippen molar-refractivity contribution in [3.63, 3.8) is 0 Å². The van der Waals surface area contributed by atoms with E-state index in [1.807, 2.05) is 43.3 Å². The molecule has 0 aliphatic heterocycles. The maximum atomic E-state index is 11.2. The first-order valence-corrected chi connectivity index (χ1v) is 7.08. The van der Waals surface area contributed by atoms with E-state index in [2.05, 4.69) is 31.5 Å². The largest absolute Gasteiger partial charge is 0.379 e. The topological polar surface area (TPSA) is 54.0 Å². The molecule has 0 saturated heterocycles. The summed E-state index contributed by atoms with van der Waals surface area (Å²) in [6, 6.07) is 11.6. The number of carbonyl (C=O) groups is 1. The van der Waals surface area contributed by atoms with Crippen molar-refractivity contribution >= 4 is 33.2 Å². The number of amides is 1. The van der Waals surface area contributed by atoms with Gasteiger partial charge < -0.3 is 10.6 Å². The number of pyridine rings is 1. The van der Waals surface area contributed by atoms with Crippen molar-refractivity contribution in [2.75, 3.05) is 10.6 Å². The highest BCUT2D eigenvalue weighted by molar-refractivity contribution is 9.10. The molecule has 5 heteroatoms. The zero-order chi connectivity index (χ0) is 14.5. The second kappa shape index (κ2) is 6.52. The highest BCUT2D eigenvalue weighted by Gasteiger charge is 2.05. The second-order valence-electron chi connectivity index (χ2n) is 4.46. The van der Waals surface area contributed by atoms with Crippen molar-refractivity contribution in [3.8, 4) is 0 Å². The summed E-state index contributed by atoms with van der Waals surface area (Å²) < 4.78 is 0.819. The summed E-state index contributed by atoms with van der Waals surface area (Å²) in [6.45, 7) is 4.08. The van der Waals surface area contributed by atoms with Crippen LogP contribution < -0.4 is 10.6 Å². The van der Waals surface area contributed by atoms with E-state index in [1.54, 1.807) is 0 Å². The monoisotopic (exact) mass is 333 g/mol. The van der Waals surface area contributed by atoms with Crippen LogP contribution in [0.5, 0.6) is 0 Å². The first kappa shape index (κ1) is 14.5.